The summed E-state index contributed by atoms with van der Waals surface area (Å²) in [5.74, 6) is 0. The highest BCUT2D eigenvalue weighted by atomic mass is 16.6. The van der Waals surface area contributed by atoms with Crippen LogP contribution in [0.15, 0.2) is 0 Å². The molecule has 0 spiro atoms. The third-order valence-electron chi connectivity index (χ3n) is 0.902. The van der Waals surface area contributed by atoms with Gasteiger partial charge in [-0.2, -0.15) is 0 Å². The Labute approximate surface area is 98.1 Å². The number of methoxy groups -OCH3 is 1. The molecule has 0 aliphatic carbocycles. The molecular formula is C11H23NO4. The first kappa shape index (κ1) is 20.2. The highest BCUT2D eigenvalue weighted by Crippen LogP contribution is 1.77. The molecule has 0 aliphatic rings. The predicted octanol–water partition coefficient (Wildman–Crippen LogP) is 1.02. The second kappa shape index (κ2) is 23.5. The minimum absolute atomic E-state index is 0.0840. The van der Waals surface area contributed by atoms with Gasteiger partial charge in [-0.1, -0.05) is 20.3 Å². The van der Waals surface area contributed by atoms with Crippen LogP contribution in [-0.2, 0) is 9.47 Å². The fourth-order valence-electron chi connectivity index (χ4n) is 0.427. The molecule has 0 aliphatic heterocycles. The Morgan fingerprint density at radius 1 is 1.31 bits per heavy atom. The number of hydrogen-bond donors (Lipinski definition) is 2. The lowest BCUT2D eigenvalue weighted by molar-refractivity contribution is 0.0975. The minimum Gasteiger partial charge on any atom is -0.447 e. The van der Waals surface area contributed by atoms with Crippen LogP contribution in [0.25, 0.3) is 0 Å². The molecule has 0 unspecified atom stereocenters. The number of alkyl carbamates (subject to hydrolysis) is 1. The molecule has 1 amide bonds. The van der Waals surface area contributed by atoms with E-state index in [1.807, 2.05) is 0 Å². The van der Waals surface area contributed by atoms with E-state index in [-0.39, 0.29) is 19.8 Å². The van der Waals surface area contributed by atoms with E-state index in [1.54, 1.807) is 0 Å². The van der Waals surface area contributed by atoms with Gasteiger partial charge in [0.1, 0.15) is 6.61 Å². The Morgan fingerprint density at radius 2 is 1.81 bits per heavy atom. The molecule has 5 heteroatoms. The summed E-state index contributed by atoms with van der Waals surface area (Å²) in [6, 6.07) is 0. The van der Waals surface area contributed by atoms with Gasteiger partial charge >= 0.3 is 6.09 Å². The van der Waals surface area contributed by atoms with E-state index in [1.165, 1.54) is 13.5 Å². The molecule has 0 atom stereocenters. The average molecular weight is 233 g/mol. The van der Waals surface area contributed by atoms with Crippen molar-refractivity contribution in [2.45, 2.75) is 20.3 Å². The number of nitrogens with one attached hydrogen (secondary N) is 1. The van der Waals surface area contributed by atoms with Gasteiger partial charge in [0, 0.05) is 13.7 Å². The summed E-state index contributed by atoms with van der Waals surface area (Å²) >= 11 is 0. The number of terminal acetylenes is 1. The normalized spacial score (nSPS) is 7.62. The van der Waals surface area contributed by atoms with Crippen LogP contribution in [0.4, 0.5) is 4.79 Å². The Bertz CT molecular complexity index is 148. The minimum atomic E-state index is -0.531. The summed E-state index contributed by atoms with van der Waals surface area (Å²) in [5.41, 5.74) is 0. The molecule has 5 nitrogen and oxygen atoms in total. The van der Waals surface area contributed by atoms with Crippen LogP contribution in [0, 0.1) is 12.8 Å². The van der Waals surface area contributed by atoms with E-state index in [0.29, 0.717) is 6.61 Å². The van der Waals surface area contributed by atoms with Crippen LogP contribution in [0.5, 0.6) is 0 Å². The molecule has 0 bridgehead atoms. The maximum Gasteiger partial charge on any atom is 0.407 e. The highest BCUT2D eigenvalue weighted by molar-refractivity contribution is 5.66. The second-order valence-electron chi connectivity index (χ2n) is 2.49. The largest absolute Gasteiger partial charge is 0.447 e. The van der Waals surface area contributed by atoms with E-state index in [0.717, 1.165) is 0 Å². The SMILES string of the molecule is C#C.CCC.COCCOC(=O)NCCO. The fourth-order valence-corrected chi connectivity index (χ4v) is 0.427. The molecule has 0 heterocycles. The molecule has 0 aromatic heterocycles. The molecular weight excluding hydrogens is 210 g/mol. The number of carbonyl (C=O) groups excluding carboxylic acids is 1. The van der Waals surface area contributed by atoms with Crippen LogP contribution in [0.1, 0.15) is 20.3 Å². The lowest BCUT2D eigenvalue weighted by Crippen LogP contribution is -2.28. The molecule has 96 valence electrons. The van der Waals surface area contributed by atoms with Gasteiger partial charge < -0.3 is 19.9 Å². The third-order valence-corrected chi connectivity index (χ3v) is 0.902. The zero-order valence-electron chi connectivity index (χ0n) is 10.4. The van der Waals surface area contributed by atoms with Gasteiger partial charge in [-0.05, 0) is 0 Å². The van der Waals surface area contributed by atoms with E-state index < -0.39 is 6.09 Å². The summed E-state index contributed by atoms with van der Waals surface area (Å²) in [6.45, 7) is 4.99. The van der Waals surface area contributed by atoms with Crippen molar-refractivity contribution in [2.75, 3.05) is 33.5 Å². The summed E-state index contributed by atoms with van der Waals surface area (Å²) in [4.78, 5) is 10.6. The Balaban J connectivity index is -0.000000289. The Kier molecular flexibility index (Phi) is 29.7. The van der Waals surface area contributed by atoms with E-state index in [9.17, 15) is 4.79 Å². The van der Waals surface area contributed by atoms with Crippen molar-refractivity contribution in [1.29, 1.82) is 0 Å². The van der Waals surface area contributed by atoms with Gasteiger partial charge in [0.25, 0.3) is 0 Å². The van der Waals surface area contributed by atoms with Crippen LogP contribution >= 0.6 is 0 Å². The Morgan fingerprint density at radius 3 is 2.19 bits per heavy atom. The molecule has 2 N–H and O–H groups in total. The van der Waals surface area contributed by atoms with Gasteiger partial charge in [0.15, 0.2) is 0 Å². The molecule has 0 fully saturated rings. The molecule has 0 saturated heterocycles. The quantitative estimate of drug-likeness (QED) is 0.549. The molecule has 0 aromatic rings. The van der Waals surface area contributed by atoms with Crippen LogP contribution in [0.2, 0.25) is 0 Å². The van der Waals surface area contributed by atoms with Gasteiger partial charge in [-0.25, -0.2) is 4.79 Å². The molecule has 16 heavy (non-hydrogen) atoms. The summed E-state index contributed by atoms with van der Waals surface area (Å²) < 4.78 is 9.24. The van der Waals surface area contributed by atoms with E-state index in [2.05, 4.69) is 41.5 Å². The first-order chi connectivity index (χ1) is 7.72. The van der Waals surface area contributed by atoms with Crippen molar-refractivity contribution in [1.82, 2.24) is 5.32 Å². The molecule has 0 radical (unpaired) electrons. The number of carbonyl (C=O) groups is 1. The molecule has 0 aromatic carbocycles. The number of hydrogen-bond acceptors (Lipinski definition) is 4. The van der Waals surface area contributed by atoms with Gasteiger partial charge in [-0.3, -0.25) is 0 Å². The maximum absolute atomic E-state index is 10.6. The van der Waals surface area contributed by atoms with Gasteiger partial charge in [-0.15, -0.1) is 12.8 Å². The Hall–Kier alpha value is -1.25. The fraction of sp³-hybridized carbons (Fsp3) is 0.727. The van der Waals surface area contributed by atoms with E-state index >= 15 is 0 Å². The molecule has 0 saturated carbocycles. The van der Waals surface area contributed by atoms with Crippen molar-refractivity contribution in [2.24, 2.45) is 0 Å². The lowest BCUT2D eigenvalue weighted by Gasteiger charge is -2.03. The van der Waals surface area contributed by atoms with Crippen molar-refractivity contribution in [3.8, 4) is 12.8 Å². The smallest absolute Gasteiger partial charge is 0.407 e. The number of aliphatic hydroxyl groups excluding tert-OH is 1. The standard InChI is InChI=1S/C6H13NO4.C3H8.C2H2/c1-10-4-5-11-6(9)7-2-3-8;1-3-2;1-2/h8H,2-5H2,1H3,(H,7,9);3H2,1-2H3;1-2H. The summed E-state index contributed by atoms with van der Waals surface area (Å²) in [7, 11) is 1.52. The first-order valence-corrected chi connectivity index (χ1v) is 5.06. The summed E-state index contributed by atoms with van der Waals surface area (Å²) in [5, 5.41) is 10.6. The topological polar surface area (TPSA) is 67.8 Å². The van der Waals surface area contributed by atoms with Crippen LogP contribution in [0.3, 0.4) is 0 Å². The van der Waals surface area contributed by atoms with Gasteiger partial charge in [0.2, 0.25) is 0 Å². The first-order valence-electron chi connectivity index (χ1n) is 5.06. The predicted molar refractivity (Wildman–Crippen MR) is 64.2 cm³/mol. The van der Waals surface area contributed by atoms with Crippen molar-refractivity contribution in [3.05, 3.63) is 0 Å². The molecule has 0 rings (SSSR count). The zero-order valence-corrected chi connectivity index (χ0v) is 10.4. The summed E-state index contributed by atoms with van der Waals surface area (Å²) in [6.07, 6.45) is 8.72. The van der Waals surface area contributed by atoms with Crippen molar-refractivity contribution in [3.63, 3.8) is 0 Å². The maximum atomic E-state index is 10.6. The highest BCUT2D eigenvalue weighted by Gasteiger charge is 1.97. The van der Waals surface area contributed by atoms with Crippen molar-refractivity contribution >= 4 is 6.09 Å². The number of amides is 1. The van der Waals surface area contributed by atoms with E-state index in [4.69, 9.17) is 5.11 Å². The van der Waals surface area contributed by atoms with Crippen molar-refractivity contribution < 1.29 is 19.4 Å². The zero-order chi connectivity index (χ0) is 13.2. The van der Waals surface area contributed by atoms with Crippen LogP contribution in [-0.4, -0.2) is 44.7 Å². The monoisotopic (exact) mass is 233 g/mol. The second-order valence-corrected chi connectivity index (χ2v) is 2.49. The number of ether oxygens (including phenoxy) is 2. The average Bonchev–Trinajstić information content (AvgIpc) is 2.30. The van der Waals surface area contributed by atoms with Crippen LogP contribution < -0.4 is 5.32 Å². The number of rotatable bonds is 5. The van der Waals surface area contributed by atoms with Gasteiger partial charge in [0.05, 0.1) is 13.2 Å². The third kappa shape index (κ3) is 29.3. The lowest BCUT2D eigenvalue weighted by atomic mass is 10.6. The number of aliphatic hydroxyl groups is 1.